The zero-order valence-corrected chi connectivity index (χ0v) is 17.1. The number of aryl methyl sites for hydroxylation is 3. The summed E-state index contributed by atoms with van der Waals surface area (Å²) in [5, 5.41) is 4.10. The molecule has 7 heteroatoms. The van der Waals surface area contributed by atoms with Crippen LogP contribution in [0, 0.1) is 13.8 Å². The molecule has 0 N–H and O–H groups in total. The van der Waals surface area contributed by atoms with Crippen LogP contribution in [0.3, 0.4) is 0 Å². The van der Waals surface area contributed by atoms with Crippen molar-refractivity contribution in [1.29, 1.82) is 0 Å². The number of carbonyl (C=O) groups is 1. The van der Waals surface area contributed by atoms with Gasteiger partial charge in [-0.25, -0.2) is 9.97 Å². The second-order valence-electron chi connectivity index (χ2n) is 7.46. The Balaban J connectivity index is 1.49. The lowest BCUT2D eigenvalue weighted by atomic mass is 9.92. The lowest BCUT2D eigenvalue weighted by Gasteiger charge is -2.32. The van der Waals surface area contributed by atoms with E-state index < -0.39 is 0 Å². The van der Waals surface area contributed by atoms with Crippen LogP contribution < -0.4 is 0 Å². The van der Waals surface area contributed by atoms with Gasteiger partial charge in [-0.05, 0) is 38.8 Å². The molecule has 0 aromatic carbocycles. The zero-order chi connectivity index (χ0) is 20.4. The van der Waals surface area contributed by atoms with E-state index in [1.165, 1.54) is 6.33 Å². The third-order valence-electron chi connectivity index (χ3n) is 5.62. The molecule has 1 fully saturated rings. The number of hydrogen-bond donors (Lipinski definition) is 0. The molecule has 150 valence electrons. The molecule has 0 bridgehead atoms. The summed E-state index contributed by atoms with van der Waals surface area (Å²) < 4.78 is 5.43. The van der Waals surface area contributed by atoms with Gasteiger partial charge in [-0.1, -0.05) is 18.1 Å². The minimum Gasteiger partial charge on any atom is -0.360 e. The summed E-state index contributed by atoms with van der Waals surface area (Å²) in [4.78, 5) is 27.7. The van der Waals surface area contributed by atoms with Crippen molar-refractivity contribution in [1.82, 2.24) is 25.0 Å². The Morgan fingerprint density at radius 2 is 2.00 bits per heavy atom. The minimum absolute atomic E-state index is 0.0101. The van der Waals surface area contributed by atoms with Crippen LogP contribution in [0.4, 0.5) is 0 Å². The van der Waals surface area contributed by atoms with Crippen molar-refractivity contribution < 1.29 is 9.32 Å². The van der Waals surface area contributed by atoms with Crippen molar-refractivity contribution in [3.8, 4) is 11.3 Å². The predicted octanol–water partition coefficient (Wildman–Crippen LogP) is 3.73. The summed E-state index contributed by atoms with van der Waals surface area (Å²) in [5.41, 5.74) is 5.15. The fraction of sp³-hybridized carbons (Fsp3) is 0.409. The molecule has 4 heterocycles. The molecule has 0 unspecified atom stereocenters. The largest absolute Gasteiger partial charge is 0.360 e. The van der Waals surface area contributed by atoms with E-state index in [1.807, 2.05) is 30.9 Å². The average molecular weight is 391 g/mol. The molecule has 1 saturated heterocycles. The maximum absolute atomic E-state index is 12.8. The number of pyridine rings is 1. The SMILES string of the molecule is CCc1onc(C)c1-c1cccc(C2CCN(C(=O)c3cncnc3C)CC2)n1. The number of likely N-dealkylation sites (tertiary alicyclic amines) is 1. The van der Waals surface area contributed by atoms with Gasteiger partial charge in [0.1, 0.15) is 12.1 Å². The molecule has 7 nitrogen and oxygen atoms in total. The van der Waals surface area contributed by atoms with Crippen molar-refractivity contribution in [3.05, 3.63) is 59.1 Å². The van der Waals surface area contributed by atoms with Crippen molar-refractivity contribution >= 4 is 5.91 Å². The first-order valence-electron chi connectivity index (χ1n) is 10.1. The molecule has 1 amide bonds. The molecule has 4 rings (SSSR count). The molecule has 29 heavy (non-hydrogen) atoms. The lowest BCUT2D eigenvalue weighted by molar-refractivity contribution is 0.0710. The van der Waals surface area contributed by atoms with E-state index in [9.17, 15) is 4.79 Å². The Kier molecular flexibility index (Phi) is 5.38. The van der Waals surface area contributed by atoms with Gasteiger partial charge in [-0.2, -0.15) is 0 Å². The first kappa shape index (κ1) is 19.2. The molecule has 0 atom stereocenters. The van der Waals surface area contributed by atoms with Crippen LogP contribution in [-0.2, 0) is 6.42 Å². The van der Waals surface area contributed by atoms with E-state index in [4.69, 9.17) is 9.51 Å². The van der Waals surface area contributed by atoms with E-state index in [-0.39, 0.29) is 5.91 Å². The normalized spacial score (nSPS) is 14.9. The molecular formula is C22H25N5O2. The van der Waals surface area contributed by atoms with Crippen LogP contribution in [0.5, 0.6) is 0 Å². The first-order valence-corrected chi connectivity index (χ1v) is 10.1. The maximum atomic E-state index is 12.8. The van der Waals surface area contributed by atoms with Gasteiger partial charge < -0.3 is 9.42 Å². The number of rotatable bonds is 4. The summed E-state index contributed by atoms with van der Waals surface area (Å²) >= 11 is 0. The second kappa shape index (κ2) is 8.11. The third kappa shape index (κ3) is 3.77. The average Bonchev–Trinajstić information content (AvgIpc) is 3.14. The smallest absolute Gasteiger partial charge is 0.257 e. The number of amides is 1. The molecule has 3 aromatic heterocycles. The van der Waals surface area contributed by atoms with E-state index in [1.54, 1.807) is 6.20 Å². The van der Waals surface area contributed by atoms with Crippen molar-refractivity contribution in [2.24, 2.45) is 0 Å². The summed E-state index contributed by atoms with van der Waals surface area (Å²) in [6.07, 6.45) is 5.63. The molecule has 3 aromatic rings. The van der Waals surface area contributed by atoms with Crippen LogP contribution in [0.25, 0.3) is 11.3 Å². The molecule has 0 saturated carbocycles. The van der Waals surface area contributed by atoms with Crippen LogP contribution >= 0.6 is 0 Å². The highest BCUT2D eigenvalue weighted by Crippen LogP contribution is 2.31. The third-order valence-corrected chi connectivity index (χ3v) is 5.62. The Labute approximate surface area is 170 Å². The summed E-state index contributed by atoms with van der Waals surface area (Å²) in [5.74, 6) is 1.21. The molecule has 0 aliphatic carbocycles. The van der Waals surface area contributed by atoms with E-state index in [2.05, 4.69) is 28.1 Å². The summed E-state index contributed by atoms with van der Waals surface area (Å²) in [6.45, 7) is 7.26. The summed E-state index contributed by atoms with van der Waals surface area (Å²) in [7, 11) is 0. The first-order chi connectivity index (χ1) is 14.1. The highest BCUT2D eigenvalue weighted by atomic mass is 16.5. The van der Waals surface area contributed by atoms with Crippen LogP contribution in [0.2, 0.25) is 0 Å². The van der Waals surface area contributed by atoms with Crippen molar-refractivity contribution in [3.63, 3.8) is 0 Å². The Hall–Kier alpha value is -3.09. The molecular weight excluding hydrogens is 366 g/mol. The van der Waals surface area contributed by atoms with Gasteiger partial charge in [-0.3, -0.25) is 9.78 Å². The Morgan fingerprint density at radius 1 is 1.21 bits per heavy atom. The van der Waals surface area contributed by atoms with E-state index in [0.717, 1.165) is 53.4 Å². The molecule has 1 aliphatic heterocycles. The highest BCUT2D eigenvalue weighted by molar-refractivity contribution is 5.94. The maximum Gasteiger partial charge on any atom is 0.257 e. The number of hydrogen-bond acceptors (Lipinski definition) is 6. The Bertz CT molecular complexity index is 1020. The number of nitrogens with zero attached hydrogens (tertiary/aromatic N) is 5. The van der Waals surface area contributed by atoms with Gasteiger partial charge >= 0.3 is 0 Å². The van der Waals surface area contributed by atoms with E-state index >= 15 is 0 Å². The lowest BCUT2D eigenvalue weighted by Crippen LogP contribution is -2.38. The number of aromatic nitrogens is 4. The van der Waals surface area contributed by atoms with Crippen molar-refractivity contribution in [2.75, 3.05) is 13.1 Å². The number of piperidine rings is 1. The van der Waals surface area contributed by atoms with Crippen LogP contribution in [0.1, 0.15) is 58.9 Å². The molecule has 0 radical (unpaired) electrons. The van der Waals surface area contributed by atoms with Crippen molar-refractivity contribution in [2.45, 2.75) is 46.0 Å². The highest BCUT2D eigenvalue weighted by Gasteiger charge is 2.27. The predicted molar refractivity (Wildman–Crippen MR) is 108 cm³/mol. The van der Waals surface area contributed by atoms with Gasteiger partial charge in [0.05, 0.1) is 28.2 Å². The standard InChI is InChI=1S/C22H25N5O2/c1-4-20-21(15(3)26-29-20)19-7-5-6-18(25-19)16-8-10-27(11-9-16)22(28)17-12-23-13-24-14(17)2/h5-7,12-13,16H,4,8-11H2,1-3H3. The second-order valence-corrected chi connectivity index (χ2v) is 7.46. The zero-order valence-electron chi connectivity index (χ0n) is 17.1. The fourth-order valence-electron chi connectivity index (χ4n) is 3.95. The van der Waals surface area contributed by atoms with E-state index in [0.29, 0.717) is 24.6 Å². The van der Waals surface area contributed by atoms with Gasteiger partial charge in [0.2, 0.25) is 0 Å². The summed E-state index contributed by atoms with van der Waals surface area (Å²) in [6, 6.07) is 6.14. The van der Waals surface area contributed by atoms with Gasteiger partial charge in [0, 0.05) is 37.3 Å². The van der Waals surface area contributed by atoms with Crippen LogP contribution in [-0.4, -0.2) is 44.0 Å². The monoisotopic (exact) mass is 391 g/mol. The topological polar surface area (TPSA) is 85.0 Å². The number of carbonyl (C=O) groups excluding carboxylic acids is 1. The Morgan fingerprint density at radius 3 is 2.72 bits per heavy atom. The fourth-order valence-corrected chi connectivity index (χ4v) is 3.95. The van der Waals surface area contributed by atoms with Crippen LogP contribution in [0.15, 0.2) is 35.2 Å². The molecule has 1 aliphatic rings. The van der Waals surface area contributed by atoms with Gasteiger partial charge in [-0.15, -0.1) is 0 Å². The quantitative estimate of drug-likeness (QED) is 0.674. The minimum atomic E-state index is 0.0101. The van der Waals surface area contributed by atoms with Gasteiger partial charge in [0.25, 0.3) is 5.91 Å². The molecule has 0 spiro atoms. The van der Waals surface area contributed by atoms with Gasteiger partial charge in [0.15, 0.2) is 0 Å².